The number of hydrogen-bond acceptors (Lipinski definition) is 5. The SMILES string of the molecule is C[C@@]1(O)CC[C@@H]2C3CC[C@@]4(C)C([C@H](CN5CCCC5)C[C@@H]4C(=O)Cn4ccc(C#N)n4)[C@@H]3CC[C@@H]2C1. The van der Waals surface area contributed by atoms with Crippen molar-refractivity contribution in [1.82, 2.24) is 14.7 Å². The Morgan fingerprint density at radius 1 is 1.14 bits per heavy atom. The van der Waals surface area contributed by atoms with Gasteiger partial charge in [0.2, 0.25) is 0 Å². The third-order valence-corrected chi connectivity index (χ3v) is 11.5. The van der Waals surface area contributed by atoms with E-state index < -0.39 is 5.60 Å². The molecular formula is C30H44N4O2. The first kappa shape index (κ1) is 24.6. The molecule has 196 valence electrons. The van der Waals surface area contributed by atoms with Crippen LogP contribution in [-0.4, -0.2) is 50.8 Å². The van der Waals surface area contributed by atoms with Crippen LogP contribution in [0.2, 0.25) is 0 Å². The zero-order valence-corrected chi connectivity index (χ0v) is 22.2. The molecule has 6 heteroatoms. The third-order valence-electron chi connectivity index (χ3n) is 11.5. The summed E-state index contributed by atoms with van der Waals surface area (Å²) in [5, 5.41) is 24.2. The molecule has 0 bridgehead atoms. The van der Waals surface area contributed by atoms with Crippen molar-refractivity contribution in [3.05, 3.63) is 18.0 Å². The van der Waals surface area contributed by atoms with Gasteiger partial charge in [0.1, 0.15) is 6.07 Å². The summed E-state index contributed by atoms with van der Waals surface area (Å²) < 4.78 is 1.68. The molecule has 5 fully saturated rings. The van der Waals surface area contributed by atoms with Gasteiger partial charge in [0.05, 0.1) is 12.1 Å². The van der Waals surface area contributed by atoms with Gasteiger partial charge in [-0.3, -0.25) is 9.48 Å². The molecule has 1 aromatic rings. The van der Waals surface area contributed by atoms with E-state index in [4.69, 9.17) is 5.26 Å². The van der Waals surface area contributed by atoms with E-state index in [0.717, 1.165) is 50.0 Å². The van der Waals surface area contributed by atoms with Crippen LogP contribution in [0.1, 0.15) is 83.7 Å². The van der Waals surface area contributed by atoms with Crippen LogP contribution in [0.15, 0.2) is 12.3 Å². The topological polar surface area (TPSA) is 82.1 Å². The lowest BCUT2D eigenvalue weighted by Crippen LogP contribution is -2.52. The maximum atomic E-state index is 13.8. The number of rotatable bonds is 5. The highest BCUT2D eigenvalue weighted by atomic mass is 16.3. The number of likely N-dealkylation sites (tertiary alicyclic amines) is 1. The molecule has 1 N–H and O–H groups in total. The standard InChI is InChI=1S/C30H44N4O2/c1-29(36)10-7-23-20(16-29)5-6-25-24(23)8-11-30(2)26(27(35)19-34-14-9-22(17-31)32-34)15-21(28(25)30)18-33-12-3-4-13-33/h9,14,20-21,23-26,28,36H,3-8,10-13,15-16,18-19H2,1-2H3/t20-,21+,23+,24?,25-,26-,28?,29-,30-/m1/s1. The number of aromatic nitrogens is 2. The van der Waals surface area contributed by atoms with Crippen molar-refractivity contribution in [2.45, 2.75) is 90.2 Å². The van der Waals surface area contributed by atoms with Crippen LogP contribution in [0.3, 0.4) is 0 Å². The molecule has 1 saturated heterocycles. The van der Waals surface area contributed by atoms with Crippen molar-refractivity contribution in [3.63, 3.8) is 0 Å². The lowest BCUT2D eigenvalue weighted by atomic mass is 9.48. The maximum Gasteiger partial charge on any atom is 0.162 e. The monoisotopic (exact) mass is 492 g/mol. The largest absolute Gasteiger partial charge is 0.390 e. The smallest absolute Gasteiger partial charge is 0.162 e. The molecular weight excluding hydrogens is 448 g/mol. The van der Waals surface area contributed by atoms with Gasteiger partial charge in [-0.25, -0.2) is 0 Å². The summed E-state index contributed by atoms with van der Waals surface area (Å²) in [7, 11) is 0. The molecule has 6 nitrogen and oxygen atoms in total. The number of Topliss-reactive ketones (excluding diaryl/α,β-unsaturated/α-hetero) is 1. The summed E-state index contributed by atoms with van der Waals surface area (Å²) in [6.45, 7) is 8.40. The Labute approximate surface area is 216 Å². The van der Waals surface area contributed by atoms with Crippen LogP contribution in [0.25, 0.3) is 0 Å². The van der Waals surface area contributed by atoms with E-state index in [1.807, 2.05) is 6.92 Å². The third kappa shape index (κ3) is 4.25. The lowest BCUT2D eigenvalue weighted by Gasteiger charge is -2.57. The lowest BCUT2D eigenvalue weighted by molar-refractivity contribution is -0.134. The van der Waals surface area contributed by atoms with E-state index >= 15 is 0 Å². The second kappa shape index (κ2) is 9.24. The van der Waals surface area contributed by atoms with Crippen molar-refractivity contribution in [2.75, 3.05) is 19.6 Å². The summed E-state index contributed by atoms with van der Waals surface area (Å²) in [6.07, 6.45) is 13.5. The first-order chi connectivity index (χ1) is 17.3. The quantitative estimate of drug-likeness (QED) is 0.646. The average molecular weight is 493 g/mol. The fourth-order valence-corrected chi connectivity index (χ4v) is 10.1. The number of nitriles is 1. The number of carbonyl (C=O) groups is 1. The van der Waals surface area contributed by atoms with Crippen LogP contribution in [0.5, 0.6) is 0 Å². The molecule has 0 amide bonds. The number of fused-ring (bicyclic) bond motifs is 5. The average Bonchev–Trinajstić information content (AvgIpc) is 3.58. The summed E-state index contributed by atoms with van der Waals surface area (Å²) in [6, 6.07) is 3.79. The summed E-state index contributed by atoms with van der Waals surface area (Å²) in [5.41, 5.74) is -0.0204. The Bertz CT molecular complexity index is 1020. The van der Waals surface area contributed by atoms with E-state index in [-0.39, 0.29) is 11.3 Å². The minimum absolute atomic E-state index is 0.0703. The number of ketones is 1. The van der Waals surface area contributed by atoms with Gasteiger partial charge in [-0.1, -0.05) is 6.92 Å². The molecule has 0 aromatic carbocycles. The molecule has 0 radical (unpaired) electrons. The normalized spacial score (nSPS) is 44.4. The van der Waals surface area contributed by atoms with Crippen LogP contribution in [-0.2, 0) is 11.3 Å². The Kier molecular flexibility index (Phi) is 6.32. The van der Waals surface area contributed by atoms with Crippen LogP contribution < -0.4 is 0 Å². The van der Waals surface area contributed by atoms with E-state index in [0.29, 0.717) is 35.8 Å². The highest BCUT2D eigenvalue weighted by Crippen LogP contribution is 2.66. The predicted molar refractivity (Wildman–Crippen MR) is 138 cm³/mol. The van der Waals surface area contributed by atoms with Crippen molar-refractivity contribution < 1.29 is 9.90 Å². The maximum absolute atomic E-state index is 13.8. The number of hydrogen-bond donors (Lipinski definition) is 1. The second-order valence-electron chi connectivity index (χ2n) is 13.7. The predicted octanol–water partition coefficient (Wildman–Crippen LogP) is 4.67. The Balaban J connectivity index is 1.26. The molecule has 1 aromatic heterocycles. The zero-order chi connectivity index (χ0) is 25.1. The molecule has 2 unspecified atom stereocenters. The molecule has 36 heavy (non-hydrogen) atoms. The van der Waals surface area contributed by atoms with Gasteiger partial charge < -0.3 is 10.0 Å². The number of carbonyl (C=O) groups excluding carboxylic acids is 1. The van der Waals surface area contributed by atoms with Crippen molar-refractivity contribution in [2.24, 2.45) is 46.8 Å². The molecule has 5 aliphatic rings. The van der Waals surface area contributed by atoms with Gasteiger partial charge in [0, 0.05) is 18.7 Å². The van der Waals surface area contributed by atoms with Gasteiger partial charge in [-0.2, -0.15) is 10.4 Å². The second-order valence-corrected chi connectivity index (χ2v) is 13.7. The number of aliphatic hydroxyl groups is 1. The van der Waals surface area contributed by atoms with Gasteiger partial charge in [0.25, 0.3) is 0 Å². The summed E-state index contributed by atoms with van der Waals surface area (Å²) in [5.74, 6) is 4.60. The fraction of sp³-hybridized carbons (Fsp3) is 0.833. The van der Waals surface area contributed by atoms with E-state index in [1.165, 1.54) is 51.6 Å². The summed E-state index contributed by atoms with van der Waals surface area (Å²) in [4.78, 5) is 16.5. The molecule has 9 atom stereocenters. The van der Waals surface area contributed by atoms with Crippen LogP contribution in [0, 0.1) is 58.2 Å². The fourth-order valence-electron chi connectivity index (χ4n) is 10.1. The molecule has 2 heterocycles. The first-order valence-electron chi connectivity index (χ1n) is 14.7. The van der Waals surface area contributed by atoms with Crippen molar-refractivity contribution >= 4 is 5.78 Å². The minimum Gasteiger partial charge on any atom is -0.390 e. The zero-order valence-electron chi connectivity index (χ0n) is 22.2. The van der Waals surface area contributed by atoms with E-state index in [9.17, 15) is 9.90 Å². The molecule has 1 aliphatic heterocycles. The first-order valence-corrected chi connectivity index (χ1v) is 14.7. The van der Waals surface area contributed by atoms with Crippen LogP contribution >= 0.6 is 0 Å². The molecule has 4 aliphatic carbocycles. The van der Waals surface area contributed by atoms with Gasteiger partial charge >= 0.3 is 0 Å². The Hall–Kier alpha value is -1.71. The molecule has 0 spiro atoms. The van der Waals surface area contributed by atoms with Crippen molar-refractivity contribution in [3.8, 4) is 6.07 Å². The van der Waals surface area contributed by atoms with Crippen LogP contribution in [0.4, 0.5) is 0 Å². The highest BCUT2D eigenvalue weighted by Gasteiger charge is 2.62. The minimum atomic E-state index is -0.474. The summed E-state index contributed by atoms with van der Waals surface area (Å²) >= 11 is 0. The Morgan fingerprint density at radius 2 is 1.92 bits per heavy atom. The van der Waals surface area contributed by atoms with Crippen molar-refractivity contribution in [1.29, 1.82) is 5.26 Å². The van der Waals surface area contributed by atoms with E-state index in [2.05, 4.69) is 23.0 Å². The van der Waals surface area contributed by atoms with Gasteiger partial charge in [-0.15, -0.1) is 0 Å². The van der Waals surface area contributed by atoms with E-state index in [1.54, 1.807) is 16.9 Å². The molecule has 6 rings (SSSR count). The highest BCUT2D eigenvalue weighted by molar-refractivity contribution is 5.82. The molecule has 4 saturated carbocycles. The Morgan fingerprint density at radius 3 is 2.67 bits per heavy atom. The number of nitrogens with zero attached hydrogens (tertiary/aromatic N) is 4. The van der Waals surface area contributed by atoms with Gasteiger partial charge in [-0.05, 0) is 131 Å². The van der Waals surface area contributed by atoms with Gasteiger partial charge in [0.15, 0.2) is 11.5 Å².